The summed E-state index contributed by atoms with van der Waals surface area (Å²) in [5, 5.41) is 13.5. The lowest BCUT2D eigenvalue weighted by molar-refractivity contribution is 0.157. The van der Waals surface area contributed by atoms with Crippen molar-refractivity contribution in [2.75, 3.05) is 6.54 Å². The Balaban J connectivity index is 2.30. The minimum absolute atomic E-state index is 0.278. The molecule has 0 aromatic carbocycles. The zero-order valence-corrected chi connectivity index (χ0v) is 7.98. The van der Waals surface area contributed by atoms with E-state index < -0.39 is 0 Å². The zero-order valence-electron chi connectivity index (χ0n) is 7.98. The summed E-state index contributed by atoms with van der Waals surface area (Å²) in [5.74, 6) is 0. The first-order chi connectivity index (χ1) is 6.24. The number of rotatable bonds is 5. The fraction of sp³-hybridized carbons (Fsp3) is 0.667. The highest BCUT2D eigenvalue weighted by Gasteiger charge is 2.04. The van der Waals surface area contributed by atoms with Gasteiger partial charge in [-0.1, -0.05) is 0 Å². The van der Waals surface area contributed by atoms with Gasteiger partial charge in [-0.3, -0.25) is 4.68 Å². The average Bonchev–Trinajstić information content (AvgIpc) is 2.48. The average molecular weight is 183 g/mol. The number of nitrogens with zero attached hydrogens (tertiary/aromatic N) is 2. The quantitative estimate of drug-likeness (QED) is 0.678. The van der Waals surface area contributed by atoms with Crippen LogP contribution in [0.4, 0.5) is 0 Å². The summed E-state index contributed by atoms with van der Waals surface area (Å²) in [5.41, 5.74) is 6.48. The van der Waals surface area contributed by atoms with Crippen molar-refractivity contribution >= 4 is 0 Å². The van der Waals surface area contributed by atoms with Gasteiger partial charge in [0.15, 0.2) is 0 Å². The Morgan fingerprint density at radius 3 is 2.92 bits per heavy atom. The Bertz CT molecular complexity index is 247. The molecule has 0 fully saturated rings. The van der Waals surface area contributed by atoms with Crippen molar-refractivity contribution in [2.24, 2.45) is 12.8 Å². The molecule has 1 unspecified atom stereocenters. The van der Waals surface area contributed by atoms with Crippen molar-refractivity contribution in [1.82, 2.24) is 9.78 Å². The molecule has 0 saturated carbocycles. The molecule has 1 atom stereocenters. The van der Waals surface area contributed by atoms with Crippen LogP contribution in [0.15, 0.2) is 12.3 Å². The number of aromatic nitrogens is 2. The van der Waals surface area contributed by atoms with Crippen molar-refractivity contribution in [3.05, 3.63) is 18.0 Å². The van der Waals surface area contributed by atoms with Crippen molar-refractivity contribution in [3.63, 3.8) is 0 Å². The minimum atomic E-state index is -0.278. The molecule has 0 bridgehead atoms. The summed E-state index contributed by atoms with van der Waals surface area (Å²) in [4.78, 5) is 0. The highest BCUT2D eigenvalue weighted by molar-refractivity contribution is 4.99. The van der Waals surface area contributed by atoms with Gasteiger partial charge in [-0.05, 0) is 31.9 Å². The molecule has 1 heterocycles. The molecule has 0 amide bonds. The molecule has 0 saturated heterocycles. The molecular formula is C9H17N3O. The van der Waals surface area contributed by atoms with E-state index in [-0.39, 0.29) is 6.10 Å². The van der Waals surface area contributed by atoms with Gasteiger partial charge < -0.3 is 10.8 Å². The van der Waals surface area contributed by atoms with E-state index in [1.807, 2.05) is 17.8 Å². The molecule has 4 heteroatoms. The predicted molar refractivity (Wildman–Crippen MR) is 51.2 cm³/mol. The third kappa shape index (κ3) is 3.16. The zero-order chi connectivity index (χ0) is 9.68. The van der Waals surface area contributed by atoms with Gasteiger partial charge in [0, 0.05) is 18.9 Å². The number of hydrogen-bond donors (Lipinski definition) is 2. The van der Waals surface area contributed by atoms with Crippen LogP contribution >= 0.6 is 0 Å². The maximum atomic E-state index is 9.43. The molecular weight excluding hydrogens is 166 g/mol. The fourth-order valence-corrected chi connectivity index (χ4v) is 1.30. The third-order valence-corrected chi connectivity index (χ3v) is 2.16. The topological polar surface area (TPSA) is 64.1 Å². The van der Waals surface area contributed by atoms with Crippen LogP contribution in [0.2, 0.25) is 0 Å². The van der Waals surface area contributed by atoms with Gasteiger partial charge in [0.05, 0.1) is 6.10 Å². The summed E-state index contributed by atoms with van der Waals surface area (Å²) >= 11 is 0. The summed E-state index contributed by atoms with van der Waals surface area (Å²) in [6, 6.07) is 1.97. The molecule has 0 aliphatic carbocycles. The first-order valence-corrected chi connectivity index (χ1v) is 4.59. The summed E-state index contributed by atoms with van der Waals surface area (Å²) in [6.07, 6.45) is 3.79. The molecule has 4 nitrogen and oxygen atoms in total. The van der Waals surface area contributed by atoms with E-state index >= 15 is 0 Å². The van der Waals surface area contributed by atoms with Crippen LogP contribution in [0.25, 0.3) is 0 Å². The van der Waals surface area contributed by atoms with Crippen LogP contribution in [0, 0.1) is 0 Å². The lowest BCUT2D eigenvalue weighted by atomic mass is 10.1. The van der Waals surface area contributed by atoms with Crippen LogP contribution in [0.5, 0.6) is 0 Å². The van der Waals surface area contributed by atoms with E-state index in [1.54, 1.807) is 6.20 Å². The van der Waals surface area contributed by atoms with Crippen LogP contribution in [0.3, 0.4) is 0 Å². The molecule has 0 spiro atoms. The minimum Gasteiger partial charge on any atom is -0.393 e. The van der Waals surface area contributed by atoms with Crippen molar-refractivity contribution in [1.29, 1.82) is 0 Å². The van der Waals surface area contributed by atoms with Gasteiger partial charge in [-0.2, -0.15) is 5.10 Å². The van der Waals surface area contributed by atoms with E-state index in [4.69, 9.17) is 5.73 Å². The molecule has 13 heavy (non-hydrogen) atoms. The maximum Gasteiger partial charge on any atom is 0.0556 e. The van der Waals surface area contributed by atoms with Gasteiger partial charge in [-0.25, -0.2) is 0 Å². The van der Waals surface area contributed by atoms with Crippen LogP contribution in [-0.4, -0.2) is 27.5 Å². The molecule has 0 aliphatic rings. The van der Waals surface area contributed by atoms with Crippen molar-refractivity contribution in [2.45, 2.75) is 25.4 Å². The molecule has 74 valence electrons. The second-order valence-electron chi connectivity index (χ2n) is 3.22. The molecule has 1 aromatic rings. The van der Waals surface area contributed by atoms with E-state index in [0.717, 1.165) is 18.5 Å². The Kier molecular flexibility index (Phi) is 3.92. The normalized spacial score (nSPS) is 13.2. The summed E-state index contributed by atoms with van der Waals surface area (Å²) in [6.45, 7) is 0.548. The molecule has 3 N–H and O–H groups in total. The number of hydrogen-bond acceptors (Lipinski definition) is 3. The Morgan fingerprint density at radius 1 is 1.62 bits per heavy atom. The number of aliphatic hydroxyl groups is 1. The van der Waals surface area contributed by atoms with E-state index in [0.29, 0.717) is 13.0 Å². The van der Waals surface area contributed by atoms with Gasteiger partial charge >= 0.3 is 0 Å². The van der Waals surface area contributed by atoms with E-state index in [9.17, 15) is 5.11 Å². The Hall–Kier alpha value is -0.870. The second-order valence-corrected chi connectivity index (χ2v) is 3.22. The van der Waals surface area contributed by atoms with Crippen LogP contribution in [-0.2, 0) is 13.5 Å². The maximum absolute atomic E-state index is 9.43. The monoisotopic (exact) mass is 183 g/mol. The lowest BCUT2D eigenvalue weighted by Gasteiger charge is -2.08. The number of aliphatic hydroxyl groups excluding tert-OH is 1. The Labute approximate surface area is 78.4 Å². The highest BCUT2D eigenvalue weighted by Crippen LogP contribution is 2.05. The highest BCUT2D eigenvalue weighted by atomic mass is 16.3. The Morgan fingerprint density at radius 2 is 2.38 bits per heavy atom. The standard InChI is InChI=1S/C9H17N3O/c1-12-8(5-7-11-12)2-3-9(13)4-6-10/h5,7,9,13H,2-4,6,10H2,1H3. The molecule has 0 aliphatic heterocycles. The summed E-state index contributed by atoms with van der Waals surface area (Å²) in [7, 11) is 1.91. The number of nitrogens with two attached hydrogens (primary N) is 1. The van der Waals surface area contributed by atoms with Gasteiger partial charge in [0.1, 0.15) is 0 Å². The smallest absolute Gasteiger partial charge is 0.0556 e. The predicted octanol–water partition coefficient (Wildman–Crippen LogP) is 0.0624. The summed E-state index contributed by atoms with van der Waals surface area (Å²) < 4.78 is 1.83. The van der Waals surface area contributed by atoms with Crippen LogP contribution < -0.4 is 5.73 Å². The molecule has 0 radical (unpaired) electrons. The van der Waals surface area contributed by atoms with E-state index in [2.05, 4.69) is 5.10 Å². The van der Waals surface area contributed by atoms with Crippen LogP contribution in [0.1, 0.15) is 18.5 Å². The lowest BCUT2D eigenvalue weighted by Crippen LogP contribution is -2.14. The molecule has 1 rings (SSSR count). The van der Waals surface area contributed by atoms with Gasteiger partial charge in [0.25, 0.3) is 0 Å². The van der Waals surface area contributed by atoms with Crippen molar-refractivity contribution < 1.29 is 5.11 Å². The molecule has 1 aromatic heterocycles. The van der Waals surface area contributed by atoms with Gasteiger partial charge in [0.2, 0.25) is 0 Å². The van der Waals surface area contributed by atoms with Crippen molar-refractivity contribution in [3.8, 4) is 0 Å². The largest absolute Gasteiger partial charge is 0.393 e. The van der Waals surface area contributed by atoms with E-state index in [1.165, 1.54) is 0 Å². The number of aryl methyl sites for hydroxylation is 2. The second kappa shape index (κ2) is 4.99. The SMILES string of the molecule is Cn1nccc1CCC(O)CCN. The van der Waals surface area contributed by atoms with Gasteiger partial charge in [-0.15, -0.1) is 0 Å². The first-order valence-electron chi connectivity index (χ1n) is 4.59. The third-order valence-electron chi connectivity index (χ3n) is 2.16. The fourth-order valence-electron chi connectivity index (χ4n) is 1.30. The first kappa shape index (κ1) is 10.2.